The van der Waals surface area contributed by atoms with Crippen LogP contribution in [-0.2, 0) is 0 Å². The van der Waals surface area contributed by atoms with E-state index < -0.39 is 0 Å². The smallest absolute Gasteiger partial charge is 0.324 e. The molecule has 2 aromatic rings. The van der Waals surface area contributed by atoms with Crippen LogP contribution in [0.3, 0.4) is 0 Å². The molecule has 1 aromatic carbocycles. The predicted octanol–water partition coefficient (Wildman–Crippen LogP) is 2.77. The third-order valence-electron chi connectivity index (χ3n) is 2.96. The highest BCUT2D eigenvalue weighted by Crippen LogP contribution is 2.16. The number of nitrogens with one attached hydrogen (secondary N) is 1. The van der Waals surface area contributed by atoms with Crippen LogP contribution in [0.4, 0.5) is 16.3 Å². The lowest BCUT2D eigenvalue weighted by Crippen LogP contribution is -2.31. The first-order valence-corrected chi connectivity index (χ1v) is 6.39. The fourth-order valence-electron chi connectivity index (χ4n) is 1.76. The summed E-state index contributed by atoms with van der Waals surface area (Å²) in [6.45, 7) is 1.90. The summed E-state index contributed by atoms with van der Waals surface area (Å²) in [6, 6.07) is 12.6. The van der Waals surface area contributed by atoms with Gasteiger partial charge in [-0.2, -0.15) is 0 Å². The summed E-state index contributed by atoms with van der Waals surface area (Å²) < 4.78 is 0. The van der Waals surface area contributed by atoms with Gasteiger partial charge in [0.1, 0.15) is 5.82 Å². The third kappa shape index (κ3) is 3.33. The number of urea groups is 1. The number of amides is 2. The Kier molecular flexibility index (Phi) is 4.32. The lowest BCUT2D eigenvalue weighted by Gasteiger charge is -2.17. The Hall–Kier alpha value is -2.40. The van der Waals surface area contributed by atoms with Crippen molar-refractivity contribution in [1.82, 2.24) is 4.98 Å². The molecule has 0 aliphatic rings. The fourth-order valence-corrected chi connectivity index (χ4v) is 1.76. The van der Waals surface area contributed by atoms with Crippen molar-refractivity contribution in [3.63, 3.8) is 0 Å². The van der Waals surface area contributed by atoms with Gasteiger partial charge in [0.25, 0.3) is 0 Å². The Morgan fingerprint density at radius 3 is 2.75 bits per heavy atom. The van der Waals surface area contributed by atoms with Crippen molar-refractivity contribution in [1.29, 1.82) is 0 Å². The lowest BCUT2D eigenvalue weighted by molar-refractivity contribution is 0.258. The zero-order valence-corrected chi connectivity index (χ0v) is 11.6. The van der Waals surface area contributed by atoms with Gasteiger partial charge in [-0.05, 0) is 36.8 Å². The predicted molar refractivity (Wildman–Crippen MR) is 80.7 cm³/mol. The van der Waals surface area contributed by atoms with Gasteiger partial charge in [0.15, 0.2) is 0 Å². The van der Waals surface area contributed by atoms with E-state index in [0.717, 1.165) is 5.56 Å². The number of carbonyl (C=O) groups excluding carboxylic acids is 1. The van der Waals surface area contributed by atoms with Crippen molar-refractivity contribution in [2.45, 2.75) is 13.0 Å². The van der Waals surface area contributed by atoms with E-state index in [0.29, 0.717) is 11.5 Å². The standard InChI is InChI=1S/C15H18N4O/c1-11(16)12-6-5-7-13(10-12)18-15(20)19(2)14-8-3-4-9-17-14/h3-11H,16H2,1-2H3,(H,18,20). The van der Waals surface area contributed by atoms with Crippen LogP contribution in [0.25, 0.3) is 0 Å². The molecule has 1 atom stereocenters. The first-order chi connectivity index (χ1) is 9.58. The second-order valence-electron chi connectivity index (χ2n) is 4.59. The highest BCUT2D eigenvalue weighted by atomic mass is 16.2. The highest BCUT2D eigenvalue weighted by Gasteiger charge is 2.12. The molecule has 2 amide bonds. The number of aromatic nitrogens is 1. The van der Waals surface area contributed by atoms with Crippen LogP contribution < -0.4 is 16.0 Å². The van der Waals surface area contributed by atoms with E-state index in [1.54, 1.807) is 25.4 Å². The van der Waals surface area contributed by atoms with E-state index >= 15 is 0 Å². The number of anilines is 2. The van der Waals surface area contributed by atoms with Crippen molar-refractivity contribution in [2.24, 2.45) is 5.73 Å². The summed E-state index contributed by atoms with van der Waals surface area (Å²) in [7, 11) is 1.67. The van der Waals surface area contributed by atoms with Crippen LogP contribution in [0.15, 0.2) is 48.7 Å². The van der Waals surface area contributed by atoms with Gasteiger partial charge >= 0.3 is 6.03 Å². The number of pyridine rings is 1. The molecule has 5 nitrogen and oxygen atoms in total. The number of hydrogen-bond acceptors (Lipinski definition) is 3. The molecule has 1 aromatic heterocycles. The fraction of sp³-hybridized carbons (Fsp3) is 0.200. The van der Waals surface area contributed by atoms with Crippen LogP contribution in [0.5, 0.6) is 0 Å². The van der Waals surface area contributed by atoms with Gasteiger partial charge in [-0.3, -0.25) is 4.90 Å². The maximum Gasteiger partial charge on any atom is 0.327 e. The second-order valence-corrected chi connectivity index (χ2v) is 4.59. The molecule has 0 radical (unpaired) electrons. The number of nitrogens with zero attached hydrogens (tertiary/aromatic N) is 2. The normalized spacial score (nSPS) is 11.8. The van der Waals surface area contributed by atoms with E-state index in [1.165, 1.54) is 4.90 Å². The first kappa shape index (κ1) is 14.0. The summed E-state index contributed by atoms with van der Waals surface area (Å²) in [6.07, 6.45) is 1.65. The van der Waals surface area contributed by atoms with E-state index in [1.807, 2.05) is 37.3 Å². The molecule has 5 heteroatoms. The van der Waals surface area contributed by atoms with Crippen molar-refractivity contribution in [3.8, 4) is 0 Å². The Labute approximate surface area is 118 Å². The summed E-state index contributed by atoms with van der Waals surface area (Å²) in [5, 5.41) is 2.83. The lowest BCUT2D eigenvalue weighted by atomic mass is 10.1. The van der Waals surface area contributed by atoms with Crippen molar-refractivity contribution < 1.29 is 4.79 Å². The van der Waals surface area contributed by atoms with Gasteiger partial charge in [0.05, 0.1) is 0 Å². The molecule has 2 rings (SSSR count). The zero-order chi connectivity index (χ0) is 14.5. The molecule has 0 bridgehead atoms. The summed E-state index contributed by atoms with van der Waals surface area (Å²) in [5.74, 6) is 0.591. The molecule has 0 saturated carbocycles. The molecule has 20 heavy (non-hydrogen) atoms. The summed E-state index contributed by atoms with van der Waals surface area (Å²) >= 11 is 0. The van der Waals surface area contributed by atoms with Crippen LogP contribution >= 0.6 is 0 Å². The molecule has 0 saturated heterocycles. The molecular formula is C15H18N4O. The molecule has 0 aliphatic carbocycles. The molecule has 3 N–H and O–H groups in total. The largest absolute Gasteiger partial charge is 0.327 e. The van der Waals surface area contributed by atoms with Gasteiger partial charge in [-0.15, -0.1) is 0 Å². The highest BCUT2D eigenvalue weighted by molar-refractivity contribution is 6.00. The van der Waals surface area contributed by atoms with Crippen LogP contribution in [0, 0.1) is 0 Å². The van der Waals surface area contributed by atoms with Crippen molar-refractivity contribution in [3.05, 3.63) is 54.2 Å². The summed E-state index contributed by atoms with van der Waals surface area (Å²) in [5.41, 5.74) is 7.52. The second kappa shape index (κ2) is 6.16. The van der Waals surface area contributed by atoms with Crippen molar-refractivity contribution >= 4 is 17.5 Å². The molecule has 0 spiro atoms. The zero-order valence-electron chi connectivity index (χ0n) is 11.6. The quantitative estimate of drug-likeness (QED) is 0.900. The van der Waals surface area contributed by atoms with Gasteiger partial charge in [-0.25, -0.2) is 9.78 Å². The molecule has 1 unspecified atom stereocenters. The minimum atomic E-state index is -0.245. The maximum absolute atomic E-state index is 12.1. The number of nitrogens with two attached hydrogens (primary N) is 1. The topological polar surface area (TPSA) is 71.2 Å². The SMILES string of the molecule is CC(N)c1cccc(NC(=O)N(C)c2ccccn2)c1. The molecule has 104 valence electrons. The monoisotopic (exact) mass is 270 g/mol. The average molecular weight is 270 g/mol. The third-order valence-corrected chi connectivity index (χ3v) is 2.96. The number of hydrogen-bond donors (Lipinski definition) is 2. The van der Waals surface area contributed by atoms with E-state index in [2.05, 4.69) is 10.3 Å². The van der Waals surface area contributed by atoms with Crippen LogP contribution in [-0.4, -0.2) is 18.1 Å². The summed E-state index contributed by atoms with van der Waals surface area (Å²) in [4.78, 5) is 17.7. The minimum Gasteiger partial charge on any atom is -0.324 e. The number of rotatable bonds is 3. The maximum atomic E-state index is 12.1. The van der Waals surface area contributed by atoms with E-state index in [4.69, 9.17) is 5.73 Å². The number of carbonyl (C=O) groups is 1. The van der Waals surface area contributed by atoms with Crippen LogP contribution in [0.2, 0.25) is 0 Å². The minimum absolute atomic E-state index is 0.0691. The van der Waals surface area contributed by atoms with Crippen molar-refractivity contribution in [2.75, 3.05) is 17.3 Å². The Balaban J connectivity index is 2.10. The van der Waals surface area contributed by atoms with E-state index in [-0.39, 0.29) is 12.1 Å². The average Bonchev–Trinajstić information content (AvgIpc) is 2.47. The molecule has 0 aliphatic heterocycles. The Morgan fingerprint density at radius 1 is 1.30 bits per heavy atom. The van der Waals surface area contributed by atoms with Gasteiger partial charge < -0.3 is 11.1 Å². The molecular weight excluding hydrogens is 252 g/mol. The Bertz CT molecular complexity index is 583. The Morgan fingerprint density at radius 2 is 2.10 bits per heavy atom. The van der Waals surface area contributed by atoms with Gasteiger partial charge in [0, 0.05) is 25.0 Å². The van der Waals surface area contributed by atoms with Crippen LogP contribution in [0.1, 0.15) is 18.5 Å². The molecule has 0 fully saturated rings. The van der Waals surface area contributed by atoms with E-state index in [9.17, 15) is 4.79 Å². The number of benzene rings is 1. The molecule has 1 heterocycles. The first-order valence-electron chi connectivity index (χ1n) is 6.39. The van der Waals surface area contributed by atoms with Gasteiger partial charge in [-0.1, -0.05) is 18.2 Å². The van der Waals surface area contributed by atoms with Gasteiger partial charge in [0.2, 0.25) is 0 Å².